The molecule has 6 atom stereocenters. The largest absolute Gasteiger partial charge is 1.00 e. The maximum absolute atomic E-state index is 10.6. The molecule has 1 aromatic carbocycles. The van der Waals surface area contributed by atoms with Crippen LogP contribution in [0.4, 0.5) is 0 Å². The second-order valence-electron chi connectivity index (χ2n) is 7.27. The van der Waals surface area contributed by atoms with Crippen LogP contribution in [0.5, 0.6) is 11.5 Å². The molecule has 4 nitrogen and oxygen atoms in total. The van der Waals surface area contributed by atoms with Crippen molar-refractivity contribution in [3.8, 4) is 11.5 Å². The highest BCUT2D eigenvalue weighted by Crippen LogP contribution is 2.60. The van der Waals surface area contributed by atoms with Gasteiger partial charge in [0.2, 0.25) is 0 Å². The lowest BCUT2D eigenvalue weighted by Gasteiger charge is -2.54. The van der Waals surface area contributed by atoms with Gasteiger partial charge in [-0.3, -0.25) is 0 Å². The molecular formula is C18H22ClNO3. The minimum Gasteiger partial charge on any atom is -1.00 e. The molecular weight excluding hydrogens is 314 g/mol. The minimum atomic E-state index is -0.529. The first-order chi connectivity index (χ1) is 10.7. The topological polar surface area (TPSA) is 43.1 Å². The zero-order chi connectivity index (χ0) is 15.1. The third-order valence-corrected chi connectivity index (χ3v) is 6.51. The molecule has 2 aliphatic carbocycles. The number of aliphatic hydroxyl groups excluding tert-OH is 1. The van der Waals surface area contributed by atoms with E-state index in [0.717, 1.165) is 30.9 Å². The lowest BCUT2D eigenvalue weighted by molar-refractivity contribution is -0.917. The van der Waals surface area contributed by atoms with Crippen molar-refractivity contribution in [1.82, 2.24) is 0 Å². The molecule has 23 heavy (non-hydrogen) atoms. The van der Waals surface area contributed by atoms with Crippen LogP contribution in [0.25, 0.3) is 0 Å². The number of halogens is 1. The molecule has 2 aliphatic heterocycles. The molecule has 4 aliphatic rings. The number of hydrogen-bond donors (Lipinski definition) is 2. The Hall–Kier alpha value is -1.23. The lowest BCUT2D eigenvalue weighted by Crippen LogP contribution is -3.16. The number of likely N-dealkylation sites (N-methyl/N-ethyl adjacent to an activating group) is 1. The zero-order valence-corrected chi connectivity index (χ0v) is 14.1. The van der Waals surface area contributed by atoms with Gasteiger partial charge in [0.15, 0.2) is 11.5 Å². The number of methoxy groups -OCH3 is 1. The summed E-state index contributed by atoms with van der Waals surface area (Å²) in [7, 11) is 3.99. The SMILES string of the molecule is COc1ccc2c3c1OC1[C@@H](O)C=C[C@H]4[C@@H](C2)[NH+](C)CC[C@]314.[Cl-]. The van der Waals surface area contributed by atoms with E-state index in [1.807, 2.05) is 12.1 Å². The smallest absolute Gasteiger partial charge is 0.165 e. The number of likely N-dealkylation sites (tertiary alicyclic amines) is 1. The maximum atomic E-state index is 10.6. The summed E-state index contributed by atoms with van der Waals surface area (Å²) in [5.74, 6) is 2.14. The average molecular weight is 336 g/mol. The molecule has 5 rings (SSSR count). The Morgan fingerprint density at radius 1 is 1.35 bits per heavy atom. The number of quaternary nitrogens is 1. The van der Waals surface area contributed by atoms with Crippen molar-refractivity contribution in [1.29, 1.82) is 0 Å². The summed E-state index contributed by atoms with van der Waals surface area (Å²) in [6.45, 7) is 1.14. The van der Waals surface area contributed by atoms with E-state index in [4.69, 9.17) is 9.47 Å². The molecule has 124 valence electrons. The number of aliphatic hydroxyl groups is 1. The fraction of sp³-hybridized carbons (Fsp3) is 0.556. The Balaban J connectivity index is 0.00000135. The van der Waals surface area contributed by atoms with E-state index in [1.54, 1.807) is 12.0 Å². The van der Waals surface area contributed by atoms with E-state index in [9.17, 15) is 5.11 Å². The van der Waals surface area contributed by atoms with Crippen molar-refractivity contribution in [2.75, 3.05) is 20.7 Å². The third-order valence-electron chi connectivity index (χ3n) is 6.51. The Kier molecular flexibility index (Phi) is 3.25. The lowest BCUT2D eigenvalue weighted by atomic mass is 9.53. The first kappa shape index (κ1) is 15.3. The summed E-state index contributed by atoms with van der Waals surface area (Å²) < 4.78 is 11.8. The predicted octanol–water partition coefficient (Wildman–Crippen LogP) is -2.91. The molecule has 2 bridgehead atoms. The molecule has 1 fully saturated rings. The van der Waals surface area contributed by atoms with E-state index < -0.39 is 6.10 Å². The third kappa shape index (κ3) is 1.64. The second-order valence-corrected chi connectivity index (χ2v) is 7.27. The number of hydrogen-bond acceptors (Lipinski definition) is 3. The summed E-state index contributed by atoms with van der Waals surface area (Å²) >= 11 is 0. The Labute approximate surface area is 142 Å². The number of rotatable bonds is 1. The van der Waals surface area contributed by atoms with Crippen molar-refractivity contribution >= 4 is 0 Å². The maximum Gasteiger partial charge on any atom is 0.165 e. The van der Waals surface area contributed by atoms with Crippen LogP contribution in [0.2, 0.25) is 0 Å². The fourth-order valence-corrected chi connectivity index (χ4v) is 5.53. The van der Waals surface area contributed by atoms with Gasteiger partial charge in [-0.1, -0.05) is 18.2 Å². The highest BCUT2D eigenvalue weighted by molar-refractivity contribution is 5.61. The van der Waals surface area contributed by atoms with Gasteiger partial charge in [0, 0.05) is 24.3 Å². The molecule has 0 aromatic heterocycles. The fourth-order valence-electron chi connectivity index (χ4n) is 5.53. The van der Waals surface area contributed by atoms with Crippen molar-refractivity contribution in [3.05, 3.63) is 35.4 Å². The van der Waals surface area contributed by atoms with Gasteiger partial charge >= 0.3 is 0 Å². The standard InChI is InChI=1S/C18H21NO3.ClH/c1-19-8-7-18-11-4-5-13(20)17(18)22-16-14(21-2)6-3-10(15(16)18)9-12(11)19;/h3-6,11-13,17,20H,7-9H2,1-2H3;1H/t11-,12+,13-,17?,18-;/m0./s1. The molecule has 1 spiro atoms. The van der Waals surface area contributed by atoms with Crippen LogP contribution in [-0.4, -0.2) is 44.1 Å². The highest BCUT2D eigenvalue weighted by atomic mass is 35.5. The molecule has 2 heterocycles. The summed E-state index contributed by atoms with van der Waals surface area (Å²) in [4.78, 5) is 1.60. The molecule has 2 unspecified atom stereocenters. The predicted molar refractivity (Wildman–Crippen MR) is 81.6 cm³/mol. The number of nitrogens with one attached hydrogen (secondary N) is 1. The van der Waals surface area contributed by atoms with E-state index in [0.29, 0.717) is 12.0 Å². The molecule has 0 radical (unpaired) electrons. The van der Waals surface area contributed by atoms with Crippen LogP contribution in [-0.2, 0) is 11.8 Å². The summed E-state index contributed by atoms with van der Waals surface area (Å²) in [5.41, 5.74) is 2.66. The second kappa shape index (κ2) is 4.88. The van der Waals surface area contributed by atoms with Crippen LogP contribution in [0.3, 0.4) is 0 Å². The number of ether oxygens (including phenoxy) is 2. The van der Waals surface area contributed by atoms with Crippen LogP contribution in [0.1, 0.15) is 17.5 Å². The highest BCUT2D eigenvalue weighted by Gasteiger charge is 2.65. The van der Waals surface area contributed by atoms with Gasteiger partial charge in [0.25, 0.3) is 0 Å². The van der Waals surface area contributed by atoms with Crippen molar-refractivity contribution in [3.63, 3.8) is 0 Å². The van der Waals surface area contributed by atoms with Gasteiger partial charge in [-0.2, -0.15) is 0 Å². The first-order valence-electron chi connectivity index (χ1n) is 8.22. The van der Waals surface area contributed by atoms with Crippen molar-refractivity contribution < 1.29 is 31.9 Å². The molecule has 5 heteroatoms. The molecule has 0 amide bonds. The van der Waals surface area contributed by atoms with E-state index in [2.05, 4.69) is 19.2 Å². The van der Waals surface area contributed by atoms with Gasteiger partial charge in [-0.05, 0) is 11.6 Å². The van der Waals surface area contributed by atoms with Crippen LogP contribution in [0.15, 0.2) is 24.3 Å². The average Bonchev–Trinajstić information content (AvgIpc) is 2.88. The van der Waals surface area contributed by atoms with E-state index in [-0.39, 0.29) is 23.9 Å². The summed E-state index contributed by atoms with van der Waals surface area (Å²) in [6.07, 6.45) is 5.67. The molecule has 1 saturated heterocycles. The monoisotopic (exact) mass is 335 g/mol. The van der Waals surface area contributed by atoms with E-state index in [1.165, 1.54) is 11.1 Å². The van der Waals surface area contributed by atoms with Gasteiger partial charge < -0.3 is 31.9 Å². The zero-order valence-electron chi connectivity index (χ0n) is 13.4. The Morgan fingerprint density at radius 2 is 2.17 bits per heavy atom. The number of piperidine rings is 1. The van der Waals surface area contributed by atoms with E-state index >= 15 is 0 Å². The Morgan fingerprint density at radius 3 is 2.96 bits per heavy atom. The molecule has 1 aromatic rings. The molecule has 2 N–H and O–H groups in total. The van der Waals surface area contributed by atoms with Crippen LogP contribution in [0, 0.1) is 5.92 Å². The van der Waals surface area contributed by atoms with Crippen molar-refractivity contribution in [2.45, 2.75) is 36.5 Å². The van der Waals surface area contributed by atoms with Crippen molar-refractivity contribution in [2.24, 2.45) is 5.92 Å². The summed E-state index contributed by atoms with van der Waals surface area (Å²) in [6, 6.07) is 4.81. The normalized spacial score (nSPS) is 41.6. The quantitative estimate of drug-likeness (QED) is 0.541. The van der Waals surface area contributed by atoms with Crippen LogP contribution < -0.4 is 26.8 Å². The minimum absolute atomic E-state index is 0. The number of benzene rings is 1. The molecule has 0 saturated carbocycles. The van der Waals surface area contributed by atoms with Gasteiger partial charge in [-0.25, -0.2) is 0 Å². The summed E-state index contributed by atoms with van der Waals surface area (Å²) in [5, 5.41) is 10.6. The van der Waals surface area contributed by atoms with Gasteiger partial charge in [-0.15, -0.1) is 0 Å². The van der Waals surface area contributed by atoms with Crippen LogP contribution >= 0.6 is 0 Å². The van der Waals surface area contributed by atoms with Gasteiger partial charge in [0.1, 0.15) is 12.2 Å². The first-order valence-corrected chi connectivity index (χ1v) is 8.22. The van der Waals surface area contributed by atoms with Gasteiger partial charge in [0.05, 0.1) is 32.2 Å². The Bertz CT molecular complexity index is 691.